The number of para-hydroxylation sites is 1. The van der Waals surface area contributed by atoms with Crippen molar-refractivity contribution in [1.82, 2.24) is 15.4 Å². The van der Waals surface area contributed by atoms with Crippen LogP contribution in [0, 0.1) is 0 Å². The number of aryl methyl sites for hydroxylation is 1. The Labute approximate surface area is 140 Å². The van der Waals surface area contributed by atoms with E-state index < -0.39 is 11.8 Å². The van der Waals surface area contributed by atoms with Crippen molar-refractivity contribution in [3.63, 3.8) is 0 Å². The summed E-state index contributed by atoms with van der Waals surface area (Å²) < 4.78 is 7.62. The summed E-state index contributed by atoms with van der Waals surface area (Å²) in [5.74, 6) is -0.706. The van der Waals surface area contributed by atoms with E-state index in [4.69, 9.17) is 4.74 Å². The van der Waals surface area contributed by atoms with Gasteiger partial charge in [0.05, 0.1) is 5.56 Å². The first-order valence-electron chi connectivity index (χ1n) is 6.59. The molecule has 0 unspecified atom stereocenters. The van der Waals surface area contributed by atoms with Gasteiger partial charge in [-0.25, -0.2) is 0 Å². The molecule has 0 bridgehead atoms. The molecule has 0 spiro atoms. The summed E-state index contributed by atoms with van der Waals surface area (Å²) in [7, 11) is 1.71. The molecule has 0 atom stereocenters. The van der Waals surface area contributed by atoms with E-state index >= 15 is 0 Å². The molecule has 2 rings (SSSR count). The number of hydrazine groups is 1. The van der Waals surface area contributed by atoms with Crippen molar-refractivity contribution in [2.45, 2.75) is 0 Å². The molecule has 7 nitrogen and oxygen atoms in total. The maximum absolute atomic E-state index is 11.9. The van der Waals surface area contributed by atoms with Gasteiger partial charge in [-0.3, -0.25) is 25.2 Å². The number of hydrogen-bond donors (Lipinski definition) is 2. The summed E-state index contributed by atoms with van der Waals surface area (Å²) in [4.78, 5) is 34.4. The Morgan fingerprint density at radius 3 is 2.70 bits per heavy atom. The van der Waals surface area contributed by atoms with Crippen molar-refractivity contribution in [3.8, 4) is 5.75 Å². The molecule has 0 fully saturated rings. The van der Waals surface area contributed by atoms with Crippen LogP contribution in [0.1, 0.15) is 20.8 Å². The highest BCUT2D eigenvalue weighted by Gasteiger charge is 2.12. The lowest BCUT2D eigenvalue weighted by Gasteiger charge is -2.10. The van der Waals surface area contributed by atoms with Crippen LogP contribution in [0.3, 0.4) is 0 Å². The third-order valence-corrected chi connectivity index (χ3v) is 3.36. The number of benzene rings is 1. The fourth-order valence-electron chi connectivity index (χ4n) is 1.83. The van der Waals surface area contributed by atoms with Gasteiger partial charge >= 0.3 is 0 Å². The van der Waals surface area contributed by atoms with Crippen molar-refractivity contribution in [3.05, 3.63) is 52.3 Å². The smallest absolute Gasteiger partial charge is 0.286 e. The van der Waals surface area contributed by atoms with Crippen molar-refractivity contribution < 1.29 is 19.1 Å². The fraction of sp³-hybridized carbons (Fsp3) is 0.133. The molecule has 2 aromatic rings. The largest absolute Gasteiger partial charge is 0.483 e. The molecular formula is C15H14BrN3O4. The molecule has 0 saturated carbocycles. The molecule has 0 aliphatic rings. The Kier molecular flexibility index (Phi) is 5.53. The predicted molar refractivity (Wildman–Crippen MR) is 86.0 cm³/mol. The highest BCUT2D eigenvalue weighted by atomic mass is 79.9. The SMILES string of the molecule is Cn1cc(Br)cc1C(=O)NNC(=O)COc1ccccc1C=O. The molecule has 23 heavy (non-hydrogen) atoms. The Balaban J connectivity index is 1.84. The van der Waals surface area contributed by atoms with Crippen LogP contribution in [-0.2, 0) is 11.8 Å². The maximum Gasteiger partial charge on any atom is 0.286 e. The second kappa shape index (κ2) is 7.59. The monoisotopic (exact) mass is 379 g/mol. The normalized spacial score (nSPS) is 10.0. The lowest BCUT2D eigenvalue weighted by atomic mass is 10.2. The second-order valence-electron chi connectivity index (χ2n) is 4.60. The molecule has 120 valence electrons. The van der Waals surface area contributed by atoms with Crippen molar-refractivity contribution in [1.29, 1.82) is 0 Å². The first-order chi connectivity index (χ1) is 11.0. The van der Waals surface area contributed by atoms with Gasteiger partial charge in [-0.15, -0.1) is 0 Å². The molecule has 1 aromatic carbocycles. The molecule has 0 saturated heterocycles. The van der Waals surface area contributed by atoms with Crippen molar-refractivity contribution in [2.24, 2.45) is 7.05 Å². The minimum atomic E-state index is -0.549. The average molecular weight is 380 g/mol. The number of aromatic nitrogens is 1. The van der Waals surface area contributed by atoms with E-state index in [-0.39, 0.29) is 6.61 Å². The maximum atomic E-state index is 11.9. The first kappa shape index (κ1) is 16.8. The summed E-state index contributed by atoms with van der Waals surface area (Å²) in [6.45, 7) is -0.331. The molecular weight excluding hydrogens is 366 g/mol. The van der Waals surface area contributed by atoms with Gasteiger partial charge in [0.1, 0.15) is 11.4 Å². The van der Waals surface area contributed by atoms with Gasteiger partial charge in [0.15, 0.2) is 12.9 Å². The molecule has 0 radical (unpaired) electrons. The number of hydrogen-bond acceptors (Lipinski definition) is 4. The molecule has 0 aliphatic carbocycles. The number of rotatable bonds is 5. The molecule has 2 N–H and O–H groups in total. The summed E-state index contributed by atoms with van der Waals surface area (Å²) in [5.41, 5.74) is 5.26. The Bertz CT molecular complexity index is 742. The van der Waals surface area contributed by atoms with E-state index in [1.54, 1.807) is 48.1 Å². The van der Waals surface area contributed by atoms with Crippen LogP contribution in [0.15, 0.2) is 41.0 Å². The van der Waals surface area contributed by atoms with Crippen LogP contribution in [0.25, 0.3) is 0 Å². The van der Waals surface area contributed by atoms with Gasteiger partial charge in [-0.05, 0) is 34.1 Å². The van der Waals surface area contributed by atoms with Gasteiger partial charge in [-0.1, -0.05) is 12.1 Å². The van der Waals surface area contributed by atoms with Crippen LogP contribution in [0.4, 0.5) is 0 Å². The molecule has 2 amide bonds. The fourth-order valence-corrected chi connectivity index (χ4v) is 2.35. The van der Waals surface area contributed by atoms with Crippen LogP contribution < -0.4 is 15.6 Å². The van der Waals surface area contributed by atoms with Crippen molar-refractivity contribution >= 4 is 34.0 Å². The van der Waals surface area contributed by atoms with E-state index in [1.807, 2.05) is 0 Å². The summed E-state index contributed by atoms with van der Waals surface area (Å²) >= 11 is 3.26. The third-order valence-electron chi connectivity index (χ3n) is 2.92. The van der Waals surface area contributed by atoms with Gasteiger partial charge in [-0.2, -0.15) is 0 Å². The molecule has 8 heteroatoms. The zero-order chi connectivity index (χ0) is 16.8. The number of carbonyl (C=O) groups excluding carboxylic acids is 3. The van der Waals surface area contributed by atoms with Gasteiger partial charge in [0, 0.05) is 17.7 Å². The first-order valence-corrected chi connectivity index (χ1v) is 7.38. The minimum absolute atomic E-state index is 0.301. The van der Waals surface area contributed by atoms with E-state index in [9.17, 15) is 14.4 Å². The highest BCUT2D eigenvalue weighted by Crippen LogP contribution is 2.15. The molecule has 0 aliphatic heterocycles. The quantitative estimate of drug-likeness (QED) is 0.607. The van der Waals surface area contributed by atoms with Gasteiger partial charge in [0.25, 0.3) is 11.8 Å². The number of ether oxygens (including phenoxy) is 1. The Hall–Kier alpha value is -2.61. The second-order valence-corrected chi connectivity index (χ2v) is 5.52. The molecule has 1 heterocycles. The summed E-state index contributed by atoms with van der Waals surface area (Å²) in [5, 5.41) is 0. The zero-order valence-corrected chi connectivity index (χ0v) is 13.8. The number of nitrogens with one attached hydrogen (secondary N) is 2. The van der Waals surface area contributed by atoms with E-state index in [1.165, 1.54) is 0 Å². The van der Waals surface area contributed by atoms with Gasteiger partial charge in [0.2, 0.25) is 0 Å². The molecule has 1 aromatic heterocycles. The van der Waals surface area contributed by atoms with Crippen LogP contribution >= 0.6 is 15.9 Å². The summed E-state index contributed by atoms with van der Waals surface area (Å²) in [6.07, 6.45) is 2.36. The highest BCUT2D eigenvalue weighted by molar-refractivity contribution is 9.10. The van der Waals surface area contributed by atoms with E-state index in [0.717, 1.165) is 4.47 Å². The lowest BCUT2D eigenvalue weighted by molar-refractivity contribution is -0.123. The Morgan fingerprint density at radius 1 is 1.30 bits per heavy atom. The zero-order valence-electron chi connectivity index (χ0n) is 12.2. The summed E-state index contributed by atoms with van der Waals surface area (Å²) in [6, 6.07) is 8.16. The third kappa shape index (κ3) is 4.43. The topological polar surface area (TPSA) is 89.4 Å². The van der Waals surface area contributed by atoms with E-state index in [0.29, 0.717) is 23.3 Å². The lowest BCUT2D eigenvalue weighted by Crippen LogP contribution is -2.44. The number of aldehydes is 1. The Morgan fingerprint density at radius 2 is 2.04 bits per heavy atom. The number of nitrogens with zero attached hydrogens (tertiary/aromatic N) is 1. The number of carbonyl (C=O) groups is 3. The van der Waals surface area contributed by atoms with Crippen molar-refractivity contribution in [2.75, 3.05) is 6.61 Å². The predicted octanol–water partition coefficient (Wildman–Crippen LogP) is 1.44. The van der Waals surface area contributed by atoms with Gasteiger partial charge < -0.3 is 9.30 Å². The number of halogens is 1. The van der Waals surface area contributed by atoms with Crippen LogP contribution in [0.2, 0.25) is 0 Å². The number of amides is 2. The average Bonchev–Trinajstić information content (AvgIpc) is 2.89. The van der Waals surface area contributed by atoms with E-state index in [2.05, 4.69) is 26.8 Å². The van der Waals surface area contributed by atoms with Crippen LogP contribution in [0.5, 0.6) is 5.75 Å². The standard InChI is InChI=1S/C15H14BrN3O4/c1-19-7-11(16)6-12(19)15(22)18-17-14(21)9-23-13-5-3-2-4-10(13)8-20/h2-8H,9H2,1H3,(H,17,21)(H,18,22). The van der Waals surface area contributed by atoms with Crippen LogP contribution in [-0.4, -0.2) is 29.3 Å². The minimum Gasteiger partial charge on any atom is -0.483 e.